The molecule has 4 nitrogen and oxygen atoms in total. The van der Waals surface area contributed by atoms with Gasteiger partial charge in [0.05, 0.1) is 0 Å². The van der Waals surface area contributed by atoms with Crippen LogP contribution in [0, 0.1) is 6.92 Å². The van der Waals surface area contributed by atoms with E-state index in [1.54, 1.807) is 0 Å². The molecule has 0 fully saturated rings. The van der Waals surface area contributed by atoms with Crippen LogP contribution in [0.5, 0.6) is 0 Å². The van der Waals surface area contributed by atoms with Gasteiger partial charge in [-0.15, -0.1) is 0 Å². The molecule has 1 atom stereocenters. The normalized spacial score (nSPS) is 13.1. The number of nitrogens with one attached hydrogen (secondary N) is 1. The Hall–Kier alpha value is -0.870. The molecule has 0 aromatic carbocycles. The third kappa shape index (κ3) is 4.96. The summed E-state index contributed by atoms with van der Waals surface area (Å²) in [7, 11) is 4.16. The second kappa shape index (κ2) is 7.06. The van der Waals surface area contributed by atoms with E-state index >= 15 is 0 Å². The van der Waals surface area contributed by atoms with E-state index in [9.17, 15) is 0 Å². The van der Waals surface area contributed by atoms with Crippen molar-refractivity contribution in [2.45, 2.75) is 46.1 Å². The predicted octanol–water partition coefficient (Wildman–Crippen LogP) is 3.31. The maximum absolute atomic E-state index is 6.17. The van der Waals surface area contributed by atoms with E-state index in [-0.39, 0.29) is 5.92 Å². The first-order valence-electron chi connectivity index (χ1n) is 6.76. The van der Waals surface area contributed by atoms with Gasteiger partial charge in [-0.25, -0.2) is 9.97 Å². The van der Waals surface area contributed by atoms with Crippen molar-refractivity contribution in [3.8, 4) is 0 Å². The van der Waals surface area contributed by atoms with Gasteiger partial charge >= 0.3 is 0 Å². The van der Waals surface area contributed by atoms with Crippen LogP contribution in [-0.2, 0) is 0 Å². The third-order valence-electron chi connectivity index (χ3n) is 3.01. The fourth-order valence-electron chi connectivity index (χ4n) is 1.66. The number of nitrogens with zero attached hydrogens (tertiary/aromatic N) is 3. The molecule has 0 amide bonds. The summed E-state index contributed by atoms with van der Waals surface area (Å²) < 4.78 is 0. The Kier molecular flexibility index (Phi) is 6.01. The van der Waals surface area contributed by atoms with Crippen LogP contribution in [0.15, 0.2) is 0 Å². The molecule has 1 aromatic heterocycles. The molecule has 0 aliphatic rings. The summed E-state index contributed by atoms with van der Waals surface area (Å²) in [6.45, 7) is 9.30. The molecule has 1 aromatic rings. The number of hydrogen-bond donors (Lipinski definition) is 1. The molecule has 1 rings (SSSR count). The molecule has 0 aliphatic heterocycles. The van der Waals surface area contributed by atoms with Crippen molar-refractivity contribution >= 4 is 17.4 Å². The minimum atomic E-state index is 0.274. The van der Waals surface area contributed by atoms with Gasteiger partial charge in [0.25, 0.3) is 0 Å². The molecule has 0 saturated carbocycles. The van der Waals surface area contributed by atoms with E-state index in [1.165, 1.54) is 0 Å². The molecule has 1 unspecified atom stereocenters. The second-order valence-corrected chi connectivity index (χ2v) is 6.00. The molecule has 1 N–H and O–H groups in total. The molecule has 19 heavy (non-hydrogen) atoms. The molecule has 0 bridgehead atoms. The van der Waals surface area contributed by atoms with E-state index in [4.69, 9.17) is 11.6 Å². The van der Waals surface area contributed by atoms with Gasteiger partial charge in [0.15, 0.2) is 0 Å². The van der Waals surface area contributed by atoms with Crippen LogP contribution < -0.4 is 5.32 Å². The highest BCUT2D eigenvalue weighted by atomic mass is 35.5. The number of hydrogen-bond acceptors (Lipinski definition) is 4. The van der Waals surface area contributed by atoms with Crippen LogP contribution >= 0.6 is 11.6 Å². The van der Waals surface area contributed by atoms with Gasteiger partial charge in [0.1, 0.15) is 16.8 Å². The lowest BCUT2D eigenvalue weighted by Crippen LogP contribution is -2.24. The van der Waals surface area contributed by atoms with Crippen molar-refractivity contribution in [1.29, 1.82) is 0 Å². The highest BCUT2D eigenvalue weighted by Gasteiger charge is 2.13. The van der Waals surface area contributed by atoms with Crippen molar-refractivity contribution in [1.82, 2.24) is 14.9 Å². The van der Waals surface area contributed by atoms with Gasteiger partial charge in [-0.2, -0.15) is 0 Å². The molecule has 1 heterocycles. The van der Waals surface area contributed by atoms with Crippen molar-refractivity contribution in [3.05, 3.63) is 16.5 Å². The summed E-state index contributed by atoms with van der Waals surface area (Å²) in [6.07, 6.45) is 1.06. The predicted molar refractivity (Wildman–Crippen MR) is 82.1 cm³/mol. The average molecular weight is 285 g/mol. The fraction of sp³-hybridized carbons (Fsp3) is 0.714. The van der Waals surface area contributed by atoms with Crippen LogP contribution in [0.25, 0.3) is 0 Å². The van der Waals surface area contributed by atoms with Gasteiger partial charge in [-0.05, 0) is 40.9 Å². The molecule has 0 aliphatic carbocycles. The van der Waals surface area contributed by atoms with Gasteiger partial charge in [0, 0.05) is 17.5 Å². The van der Waals surface area contributed by atoms with E-state index < -0.39 is 0 Å². The largest absolute Gasteiger partial charge is 0.367 e. The van der Waals surface area contributed by atoms with Gasteiger partial charge < -0.3 is 10.2 Å². The first-order chi connectivity index (χ1) is 8.81. The van der Waals surface area contributed by atoms with Crippen molar-refractivity contribution in [2.75, 3.05) is 26.0 Å². The molecule has 5 heteroatoms. The highest BCUT2D eigenvalue weighted by Crippen LogP contribution is 2.23. The summed E-state index contributed by atoms with van der Waals surface area (Å²) in [5, 5.41) is 3.98. The first kappa shape index (κ1) is 16.2. The summed E-state index contributed by atoms with van der Waals surface area (Å²) in [4.78, 5) is 11.1. The maximum Gasteiger partial charge on any atom is 0.137 e. The SMILES string of the molecule is Cc1c(Cl)nc(C(C)C)nc1NC(C)CCN(C)C. The van der Waals surface area contributed by atoms with E-state index in [2.05, 4.69) is 55.1 Å². The van der Waals surface area contributed by atoms with E-state index in [1.807, 2.05) is 6.92 Å². The topological polar surface area (TPSA) is 41.1 Å². The molecule has 108 valence electrons. The third-order valence-corrected chi connectivity index (χ3v) is 3.38. The Bertz CT molecular complexity index is 418. The maximum atomic E-state index is 6.17. The van der Waals surface area contributed by atoms with E-state index in [0.717, 1.165) is 30.2 Å². The monoisotopic (exact) mass is 284 g/mol. The van der Waals surface area contributed by atoms with Crippen LogP contribution in [-0.4, -0.2) is 41.5 Å². The van der Waals surface area contributed by atoms with Gasteiger partial charge in [-0.3, -0.25) is 0 Å². The number of rotatable bonds is 6. The van der Waals surface area contributed by atoms with Crippen LogP contribution in [0.4, 0.5) is 5.82 Å². The number of anilines is 1. The quantitative estimate of drug-likeness (QED) is 0.814. The van der Waals surface area contributed by atoms with Crippen molar-refractivity contribution in [3.63, 3.8) is 0 Å². The molecule has 0 saturated heterocycles. The minimum Gasteiger partial charge on any atom is -0.367 e. The van der Waals surface area contributed by atoms with Crippen molar-refractivity contribution in [2.24, 2.45) is 0 Å². The average Bonchev–Trinajstić information content (AvgIpc) is 2.31. The zero-order valence-corrected chi connectivity index (χ0v) is 13.5. The molecular weight excluding hydrogens is 260 g/mol. The Morgan fingerprint density at radius 2 is 1.84 bits per heavy atom. The van der Waals surface area contributed by atoms with Gasteiger partial charge in [-0.1, -0.05) is 25.4 Å². The highest BCUT2D eigenvalue weighted by molar-refractivity contribution is 6.30. The Morgan fingerprint density at radius 3 is 2.37 bits per heavy atom. The Morgan fingerprint density at radius 1 is 1.21 bits per heavy atom. The van der Waals surface area contributed by atoms with E-state index in [0.29, 0.717) is 11.2 Å². The second-order valence-electron chi connectivity index (χ2n) is 5.64. The van der Waals surface area contributed by atoms with Crippen molar-refractivity contribution < 1.29 is 0 Å². The van der Waals surface area contributed by atoms with Crippen LogP contribution in [0.2, 0.25) is 5.15 Å². The lowest BCUT2D eigenvalue weighted by Gasteiger charge is -2.19. The number of aromatic nitrogens is 2. The fourth-order valence-corrected chi connectivity index (χ4v) is 1.84. The summed E-state index contributed by atoms with van der Waals surface area (Å²) in [5.41, 5.74) is 0.919. The van der Waals surface area contributed by atoms with Gasteiger partial charge in [0.2, 0.25) is 0 Å². The summed E-state index contributed by atoms with van der Waals surface area (Å²) >= 11 is 6.17. The minimum absolute atomic E-state index is 0.274. The standard InChI is InChI=1S/C14H25ClN4/c1-9(2)13-17-12(15)11(4)14(18-13)16-10(3)7-8-19(5)6/h9-10H,7-8H2,1-6H3,(H,16,17,18). The lowest BCUT2D eigenvalue weighted by atomic mass is 10.2. The molecule has 0 radical (unpaired) electrons. The Balaban J connectivity index is 2.82. The molecule has 0 spiro atoms. The zero-order valence-electron chi connectivity index (χ0n) is 12.8. The number of halogens is 1. The zero-order chi connectivity index (χ0) is 14.6. The first-order valence-corrected chi connectivity index (χ1v) is 7.14. The summed E-state index contributed by atoms with van der Waals surface area (Å²) in [6, 6.07) is 0.354. The van der Waals surface area contributed by atoms with Crippen LogP contribution in [0.3, 0.4) is 0 Å². The Labute approximate surface area is 121 Å². The molecular formula is C14H25ClN4. The van der Waals surface area contributed by atoms with Crippen LogP contribution in [0.1, 0.15) is 44.5 Å². The smallest absolute Gasteiger partial charge is 0.137 e. The summed E-state index contributed by atoms with van der Waals surface area (Å²) in [5.74, 6) is 1.92. The lowest BCUT2D eigenvalue weighted by molar-refractivity contribution is 0.390.